The zero-order valence-electron chi connectivity index (χ0n) is 7.10. The molecular weight excluding hydrogens is 140 g/mol. The summed E-state index contributed by atoms with van der Waals surface area (Å²) in [5.41, 5.74) is 3.63. The Bertz CT molecular complexity index is 233. The molecule has 1 rings (SSSR count). The second kappa shape index (κ2) is 2.54. The van der Waals surface area contributed by atoms with Crippen LogP contribution in [0.25, 0.3) is 0 Å². The molecule has 0 saturated carbocycles. The number of aromatic amines is 1. The molecule has 0 radical (unpaired) electrons. The average molecular weight is 154 g/mol. The Morgan fingerprint density at radius 3 is 2.45 bits per heavy atom. The number of nitrogens with two attached hydrogens (primary N) is 1. The molecule has 0 aliphatic carbocycles. The van der Waals surface area contributed by atoms with E-state index in [4.69, 9.17) is 5.84 Å². The Balaban J connectivity index is 2.89. The number of nitrogen functional groups attached to an aromatic ring is 1. The van der Waals surface area contributed by atoms with Crippen molar-refractivity contribution in [3.05, 3.63) is 11.9 Å². The number of imidazole rings is 1. The molecule has 0 saturated heterocycles. The fraction of sp³-hybridized carbons (Fsp3) is 0.571. The number of hydrogen-bond acceptors (Lipinski definition) is 3. The molecule has 11 heavy (non-hydrogen) atoms. The Morgan fingerprint density at radius 2 is 2.18 bits per heavy atom. The summed E-state index contributed by atoms with van der Waals surface area (Å²) in [5.74, 6) is 5.77. The topological polar surface area (TPSA) is 66.7 Å². The summed E-state index contributed by atoms with van der Waals surface area (Å²) in [4.78, 5) is 7.07. The molecule has 0 aliphatic rings. The van der Waals surface area contributed by atoms with Crippen molar-refractivity contribution in [2.45, 2.75) is 26.2 Å². The lowest BCUT2D eigenvalue weighted by molar-refractivity contribution is 0.573. The summed E-state index contributed by atoms with van der Waals surface area (Å²) in [7, 11) is 0. The molecule has 1 aromatic heterocycles. The summed E-state index contributed by atoms with van der Waals surface area (Å²) in [6, 6.07) is 0. The third-order valence-electron chi connectivity index (χ3n) is 1.52. The van der Waals surface area contributed by atoms with E-state index < -0.39 is 0 Å². The van der Waals surface area contributed by atoms with Gasteiger partial charge in [0.1, 0.15) is 0 Å². The first-order chi connectivity index (χ1) is 5.04. The maximum atomic E-state index is 5.16. The van der Waals surface area contributed by atoms with Gasteiger partial charge >= 0.3 is 0 Å². The number of rotatable bonds is 1. The minimum absolute atomic E-state index is 0.0993. The zero-order valence-corrected chi connectivity index (χ0v) is 7.10. The van der Waals surface area contributed by atoms with Crippen LogP contribution in [0.4, 0.5) is 5.95 Å². The molecule has 0 bridgehead atoms. The molecule has 4 nitrogen and oxygen atoms in total. The second-order valence-corrected chi connectivity index (χ2v) is 3.54. The van der Waals surface area contributed by atoms with Gasteiger partial charge in [0.15, 0.2) is 0 Å². The van der Waals surface area contributed by atoms with Crippen molar-refractivity contribution in [3.63, 3.8) is 0 Å². The van der Waals surface area contributed by atoms with Crippen LogP contribution in [0, 0.1) is 0 Å². The molecule has 4 N–H and O–H groups in total. The monoisotopic (exact) mass is 154 g/mol. The molecule has 0 amide bonds. The fourth-order valence-corrected chi connectivity index (χ4v) is 0.776. The summed E-state index contributed by atoms with van der Waals surface area (Å²) in [6.07, 6.45) is 1.79. The first-order valence-electron chi connectivity index (χ1n) is 3.56. The van der Waals surface area contributed by atoms with Gasteiger partial charge in [0.05, 0.1) is 6.20 Å². The van der Waals surface area contributed by atoms with Gasteiger partial charge in [-0.1, -0.05) is 20.8 Å². The van der Waals surface area contributed by atoms with E-state index in [2.05, 4.69) is 36.2 Å². The number of anilines is 1. The first kappa shape index (κ1) is 8.07. The third-order valence-corrected chi connectivity index (χ3v) is 1.52. The Kier molecular flexibility index (Phi) is 1.87. The van der Waals surface area contributed by atoms with Crippen LogP contribution in [-0.4, -0.2) is 9.97 Å². The SMILES string of the molecule is CC(C)(C)c1cnc(NN)[nH]1. The predicted octanol–water partition coefficient (Wildman–Crippen LogP) is 0.993. The van der Waals surface area contributed by atoms with Gasteiger partial charge in [0, 0.05) is 11.1 Å². The van der Waals surface area contributed by atoms with Crippen molar-refractivity contribution >= 4 is 5.95 Å². The highest BCUT2D eigenvalue weighted by molar-refractivity contribution is 5.26. The van der Waals surface area contributed by atoms with Gasteiger partial charge < -0.3 is 4.98 Å². The van der Waals surface area contributed by atoms with Crippen LogP contribution in [-0.2, 0) is 5.41 Å². The van der Waals surface area contributed by atoms with Crippen LogP contribution in [0.3, 0.4) is 0 Å². The highest BCUT2D eigenvalue weighted by Crippen LogP contribution is 2.20. The summed E-state index contributed by atoms with van der Waals surface area (Å²) < 4.78 is 0. The van der Waals surface area contributed by atoms with E-state index in [0.717, 1.165) is 5.69 Å². The summed E-state index contributed by atoms with van der Waals surface area (Å²) in [5, 5.41) is 0. The molecule has 1 aromatic rings. The smallest absolute Gasteiger partial charge is 0.214 e. The first-order valence-corrected chi connectivity index (χ1v) is 3.56. The second-order valence-electron chi connectivity index (χ2n) is 3.54. The van der Waals surface area contributed by atoms with E-state index in [1.807, 2.05) is 0 Å². The number of hydrazine groups is 1. The molecule has 4 heteroatoms. The van der Waals surface area contributed by atoms with Crippen molar-refractivity contribution in [1.29, 1.82) is 0 Å². The summed E-state index contributed by atoms with van der Waals surface area (Å²) in [6.45, 7) is 6.34. The number of nitrogens with zero attached hydrogens (tertiary/aromatic N) is 1. The Labute approximate surface area is 66.2 Å². The molecule has 0 aromatic carbocycles. The number of H-pyrrole nitrogens is 1. The van der Waals surface area contributed by atoms with Gasteiger partial charge in [0.2, 0.25) is 5.95 Å². The van der Waals surface area contributed by atoms with Crippen molar-refractivity contribution in [3.8, 4) is 0 Å². The lowest BCUT2D eigenvalue weighted by Gasteiger charge is -2.14. The maximum absolute atomic E-state index is 5.16. The predicted molar refractivity (Wildman–Crippen MR) is 45.1 cm³/mol. The van der Waals surface area contributed by atoms with Gasteiger partial charge in [-0.2, -0.15) is 0 Å². The quantitative estimate of drug-likeness (QED) is 0.417. The third kappa shape index (κ3) is 1.71. The van der Waals surface area contributed by atoms with Crippen molar-refractivity contribution in [1.82, 2.24) is 9.97 Å². The molecule has 0 unspecified atom stereocenters. The standard InChI is InChI=1S/C7H14N4/c1-7(2,3)5-4-9-6(10-5)11-8/h4H,8H2,1-3H3,(H2,9,10,11). The molecule has 62 valence electrons. The molecule has 0 fully saturated rings. The van der Waals surface area contributed by atoms with E-state index in [9.17, 15) is 0 Å². The number of aromatic nitrogens is 2. The highest BCUT2D eigenvalue weighted by Gasteiger charge is 2.15. The normalized spacial score (nSPS) is 11.6. The van der Waals surface area contributed by atoms with E-state index in [1.54, 1.807) is 6.20 Å². The van der Waals surface area contributed by atoms with Crippen LogP contribution in [0.15, 0.2) is 6.20 Å². The van der Waals surface area contributed by atoms with Gasteiger partial charge in [-0.3, -0.25) is 5.43 Å². The van der Waals surface area contributed by atoms with Gasteiger partial charge in [-0.25, -0.2) is 10.8 Å². The van der Waals surface area contributed by atoms with Crippen molar-refractivity contribution < 1.29 is 0 Å². The van der Waals surface area contributed by atoms with Gasteiger partial charge in [0.25, 0.3) is 0 Å². The molecule has 1 heterocycles. The van der Waals surface area contributed by atoms with Gasteiger partial charge in [-0.15, -0.1) is 0 Å². The van der Waals surface area contributed by atoms with Crippen LogP contribution < -0.4 is 11.3 Å². The highest BCUT2D eigenvalue weighted by atomic mass is 15.3. The Morgan fingerprint density at radius 1 is 1.55 bits per heavy atom. The molecule has 0 atom stereocenters. The number of nitrogens with one attached hydrogen (secondary N) is 2. The average Bonchev–Trinajstić information content (AvgIpc) is 2.32. The largest absolute Gasteiger partial charge is 0.327 e. The van der Waals surface area contributed by atoms with Crippen molar-refractivity contribution in [2.75, 3.05) is 5.43 Å². The van der Waals surface area contributed by atoms with Crippen LogP contribution in [0.2, 0.25) is 0 Å². The lowest BCUT2D eigenvalue weighted by Crippen LogP contribution is -2.12. The maximum Gasteiger partial charge on any atom is 0.214 e. The van der Waals surface area contributed by atoms with E-state index >= 15 is 0 Å². The minimum atomic E-state index is 0.0993. The number of hydrogen-bond donors (Lipinski definition) is 3. The fourth-order valence-electron chi connectivity index (χ4n) is 0.776. The van der Waals surface area contributed by atoms with E-state index in [-0.39, 0.29) is 5.41 Å². The molecule has 0 aliphatic heterocycles. The van der Waals surface area contributed by atoms with Crippen LogP contribution in [0.5, 0.6) is 0 Å². The van der Waals surface area contributed by atoms with Crippen molar-refractivity contribution in [2.24, 2.45) is 5.84 Å². The van der Waals surface area contributed by atoms with Crippen LogP contribution >= 0.6 is 0 Å². The summed E-state index contributed by atoms with van der Waals surface area (Å²) >= 11 is 0. The van der Waals surface area contributed by atoms with E-state index in [1.165, 1.54) is 0 Å². The Hall–Kier alpha value is -1.03. The van der Waals surface area contributed by atoms with E-state index in [0.29, 0.717) is 5.95 Å². The molecule has 0 spiro atoms. The lowest BCUT2D eigenvalue weighted by atomic mass is 9.93. The van der Waals surface area contributed by atoms with Crippen LogP contribution in [0.1, 0.15) is 26.5 Å². The minimum Gasteiger partial charge on any atom is -0.327 e. The van der Waals surface area contributed by atoms with Gasteiger partial charge in [-0.05, 0) is 0 Å². The zero-order chi connectivity index (χ0) is 8.48. The molecular formula is C7H14N4.